The molecule has 0 saturated carbocycles. The lowest BCUT2D eigenvalue weighted by Gasteiger charge is -2.25. The van der Waals surface area contributed by atoms with Crippen LogP contribution in [0.4, 0.5) is 17.1 Å². The van der Waals surface area contributed by atoms with E-state index in [0.717, 1.165) is 39.1 Å². The van der Waals surface area contributed by atoms with Gasteiger partial charge in [-0.2, -0.15) is 10.5 Å². The van der Waals surface area contributed by atoms with Crippen molar-refractivity contribution in [2.45, 2.75) is 0 Å². The molecular weight excluding hydrogens is 573 g/mol. The van der Waals surface area contributed by atoms with Crippen molar-refractivity contribution in [3.8, 4) is 34.5 Å². The third kappa shape index (κ3) is 4.82. The van der Waals surface area contributed by atoms with E-state index in [0.29, 0.717) is 11.1 Å². The van der Waals surface area contributed by atoms with E-state index in [4.69, 9.17) is 4.98 Å². The minimum atomic E-state index is 0.590. The molecule has 0 unspecified atom stereocenters. The highest BCUT2D eigenvalue weighted by Crippen LogP contribution is 2.45. The lowest BCUT2D eigenvalue weighted by molar-refractivity contribution is 1.23. The Kier molecular flexibility index (Phi) is 6.88. The molecule has 8 aromatic rings. The molecule has 0 aliphatic heterocycles. The molecule has 0 aliphatic rings. The molecule has 0 atom stereocenters. The van der Waals surface area contributed by atoms with Crippen molar-refractivity contribution in [2.75, 3.05) is 4.90 Å². The summed E-state index contributed by atoms with van der Waals surface area (Å²) in [5.41, 5.74) is 8.23. The van der Waals surface area contributed by atoms with Gasteiger partial charge in [-0.05, 0) is 104 Å². The molecule has 7 aromatic carbocycles. The average Bonchev–Trinajstić information content (AvgIpc) is 3.15. The molecule has 0 radical (unpaired) electrons. The monoisotopic (exact) mass is 598 g/mol. The van der Waals surface area contributed by atoms with Crippen molar-refractivity contribution in [2.24, 2.45) is 0 Å². The number of aromatic nitrogens is 1. The minimum absolute atomic E-state index is 0.590. The van der Waals surface area contributed by atoms with Crippen LogP contribution in [0, 0.1) is 22.7 Å². The third-order valence-corrected chi connectivity index (χ3v) is 8.76. The van der Waals surface area contributed by atoms with Crippen LogP contribution in [-0.4, -0.2) is 4.98 Å². The van der Waals surface area contributed by atoms with Crippen LogP contribution in [0.2, 0.25) is 0 Å². The van der Waals surface area contributed by atoms with Gasteiger partial charge in [0.05, 0.1) is 40.8 Å². The van der Waals surface area contributed by atoms with E-state index >= 15 is 0 Å². The van der Waals surface area contributed by atoms with Crippen LogP contribution in [0.1, 0.15) is 11.1 Å². The number of hydrogen-bond acceptors (Lipinski definition) is 4. The molecule has 218 valence electrons. The number of pyridine rings is 1. The topological polar surface area (TPSA) is 63.7 Å². The lowest BCUT2D eigenvalue weighted by Crippen LogP contribution is -2.10. The van der Waals surface area contributed by atoms with Crippen LogP contribution >= 0.6 is 0 Å². The Morgan fingerprint density at radius 1 is 0.426 bits per heavy atom. The van der Waals surface area contributed by atoms with Gasteiger partial charge in [0.25, 0.3) is 0 Å². The normalized spacial score (nSPS) is 10.9. The molecule has 0 saturated heterocycles. The van der Waals surface area contributed by atoms with Crippen molar-refractivity contribution >= 4 is 49.4 Å². The summed E-state index contributed by atoms with van der Waals surface area (Å²) in [5.74, 6) is 0. The molecule has 0 bridgehead atoms. The second-order valence-corrected chi connectivity index (χ2v) is 11.4. The number of rotatable bonds is 5. The molecule has 4 nitrogen and oxygen atoms in total. The maximum atomic E-state index is 9.37. The average molecular weight is 599 g/mol. The second kappa shape index (κ2) is 11.6. The summed E-state index contributed by atoms with van der Waals surface area (Å²) in [6, 6.07) is 55.9. The molecule has 8 rings (SSSR count). The predicted molar refractivity (Wildman–Crippen MR) is 192 cm³/mol. The molecule has 1 aromatic heterocycles. The van der Waals surface area contributed by atoms with E-state index in [2.05, 4.69) is 120 Å². The summed E-state index contributed by atoms with van der Waals surface area (Å²) < 4.78 is 0. The van der Waals surface area contributed by atoms with Crippen molar-refractivity contribution in [1.82, 2.24) is 4.98 Å². The van der Waals surface area contributed by atoms with Crippen LogP contribution in [-0.2, 0) is 0 Å². The first-order valence-corrected chi connectivity index (χ1v) is 15.4. The van der Waals surface area contributed by atoms with Gasteiger partial charge in [-0.1, -0.05) is 91.0 Å². The molecule has 47 heavy (non-hydrogen) atoms. The zero-order valence-corrected chi connectivity index (χ0v) is 25.3. The minimum Gasteiger partial charge on any atom is -0.309 e. The molecule has 0 amide bonds. The Hall–Kier alpha value is -6.75. The molecule has 0 aliphatic carbocycles. The van der Waals surface area contributed by atoms with Gasteiger partial charge in [0.15, 0.2) is 0 Å². The van der Waals surface area contributed by atoms with Gasteiger partial charge >= 0.3 is 0 Å². The first kappa shape index (κ1) is 27.8. The highest BCUT2D eigenvalue weighted by Gasteiger charge is 2.19. The standard InChI is InChI=1S/C43H26N4/c44-26-29-16-20-32(21-17-29)47(33-22-18-30(27-45)19-23-33)34-24-25-41(46-28-34)43-39-13-5-3-11-37(39)42(38-12-4-6-14-40(38)43)36-15-7-9-31-8-1-2-10-35(31)36/h1-25,28H. The van der Waals surface area contributed by atoms with Crippen LogP contribution in [0.15, 0.2) is 158 Å². The van der Waals surface area contributed by atoms with Gasteiger partial charge in [-0.25, -0.2) is 0 Å². The number of benzene rings is 7. The summed E-state index contributed by atoms with van der Waals surface area (Å²) in [4.78, 5) is 7.18. The smallest absolute Gasteiger partial charge is 0.0991 e. The number of hydrogen-bond donors (Lipinski definition) is 0. The fraction of sp³-hybridized carbons (Fsp3) is 0. The fourth-order valence-electron chi connectivity index (χ4n) is 6.62. The number of nitrogens with zero attached hydrogens (tertiary/aromatic N) is 4. The van der Waals surface area contributed by atoms with Crippen molar-refractivity contribution in [3.05, 3.63) is 169 Å². The Labute approximate surface area is 272 Å². The first-order valence-electron chi connectivity index (χ1n) is 15.4. The van der Waals surface area contributed by atoms with E-state index in [1.165, 1.54) is 32.7 Å². The van der Waals surface area contributed by atoms with Crippen LogP contribution < -0.4 is 4.90 Å². The first-order chi connectivity index (χ1) is 23.2. The lowest BCUT2D eigenvalue weighted by atomic mass is 9.86. The van der Waals surface area contributed by atoms with E-state index < -0.39 is 0 Å². The largest absolute Gasteiger partial charge is 0.309 e. The molecule has 1 heterocycles. The quantitative estimate of drug-likeness (QED) is 0.185. The zero-order chi connectivity index (χ0) is 31.7. The van der Waals surface area contributed by atoms with E-state index in [1.807, 2.05) is 54.7 Å². The summed E-state index contributed by atoms with van der Waals surface area (Å²) in [6.07, 6.45) is 1.90. The van der Waals surface area contributed by atoms with E-state index in [1.54, 1.807) is 0 Å². The van der Waals surface area contributed by atoms with Gasteiger partial charge in [-0.3, -0.25) is 4.98 Å². The Balaban J connectivity index is 1.32. The maximum absolute atomic E-state index is 9.37. The summed E-state index contributed by atoms with van der Waals surface area (Å²) in [5, 5.41) is 25.8. The van der Waals surface area contributed by atoms with Crippen molar-refractivity contribution < 1.29 is 0 Å². The Morgan fingerprint density at radius 2 is 0.894 bits per heavy atom. The Morgan fingerprint density at radius 3 is 1.40 bits per heavy atom. The molecule has 4 heteroatoms. The van der Waals surface area contributed by atoms with Gasteiger partial charge in [0.2, 0.25) is 0 Å². The predicted octanol–water partition coefficient (Wildman–Crippen LogP) is 11.1. The highest BCUT2D eigenvalue weighted by molar-refractivity contribution is 6.23. The number of nitriles is 2. The summed E-state index contributed by atoms with van der Waals surface area (Å²) in [6.45, 7) is 0. The molecule has 0 spiro atoms. The fourth-order valence-corrected chi connectivity index (χ4v) is 6.62. The second-order valence-electron chi connectivity index (χ2n) is 11.4. The van der Waals surface area contributed by atoms with Crippen LogP contribution in [0.3, 0.4) is 0 Å². The number of anilines is 3. The van der Waals surface area contributed by atoms with Gasteiger partial charge in [-0.15, -0.1) is 0 Å². The SMILES string of the molecule is N#Cc1ccc(N(c2ccc(C#N)cc2)c2ccc(-c3c4ccccc4c(-c4cccc5ccccc45)c4ccccc34)nc2)cc1. The van der Waals surface area contributed by atoms with Gasteiger partial charge < -0.3 is 4.90 Å². The van der Waals surface area contributed by atoms with Crippen molar-refractivity contribution in [3.63, 3.8) is 0 Å². The zero-order valence-electron chi connectivity index (χ0n) is 25.3. The summed E-state index contributed by atoms with van der Waals surface area (Å²) >= 11 is 0. The maximum Gasteiger partial charge on any atom is 0.0991 e. The van der Waals surface area contributed by atoms with Crippen LogP contribution in [0.5, 0.6) is 0 Å². The van der Waals surface area contributed by atoms with Gasteiger partial charge in [0, 0.05) is 16.9 Å². The molecular formula is C43H26N4. The third-order valence-electron chi connectivity index (χ3n) is 8.76. The van der Waals surface area contributed by atoms with Crippen molar-refractivity contribution in [1.29, 1.82) is 10.5 Å². The number of fused-ring (bicyclic) bond motifs is 3. The highest BCUT2D eigenvalue weighted by atomic mass is 15.1. The van der Waals surface area contributed by atoms with E-state index in [-0.39, 0.29) is 0 Å². The molecule has 0 fully saturated rings. The van der Waals surface area contributed by atoms with E-state index in [9.17, 15) is 10.5 Å². The Bertz CT molecular complexity index is 2400. The van der Waals surface area contributed by atoms with Gasteiger partial charge in [0.1, 0.15) is 0 Å². The van der Waals surface area contributed by atoms with Crippen LogP contribution in [0.25, 0.3) is 54.7 Å². The summed E-state index contributed by atoms with van der Waals surface area (Å²) in [7, 11) is 0. The molecule has 0 N–H and O–H groups in total.